The van der Waals surface area contributed by atoms with E-state index < -0.39 is 11.8 Å². The monoisotopic (exact) mass is 364 g/mol. The Morgan fingerprint density at radius 2 is 1.85 bits per heavy atom. The maximum atomic E-state index is 13.0. The van der Waals surface area contributed by atoms with Crippen LogP contribution in [0.15, 0.2) is 24.3 Å². The van der Waals surface area contributed by atoms with Crippen LogP contribution in [0.3, 0.4) is 0 Å². The Labute approximate surface area is 152 Å². The van der Waals surface area contributed by atoms with Gasteiger partial charge in [-0.15, -0.1) is 0 Å². The maximum absolute atomic E-state index is 13.0. The third-order valence-electron chi connectivity index (χ3n) is 5.34. The zero-order valence-electron chi connectivity index (χ0n) is 15.2. The van der Waals surface area contributed by atoms with Crippen LogP contribution in [0.2, 0.25) is 0 Å². The van der Waals surface area contributed by atoms with E-state index in [1.807, 2.05) is 0 Å². The molecule has 2 aliphatic heterocycles. The van der Waals surface area contributed by atoms with Gasteiger partial charge in [0.15, 0.2) is 5.78 Å². The fraction of sp³-hybridized carbons (Fsp3) is 0.579. The number of Topliss-reactive ketones (excluding diaryl/α,β-unsaturated/α-hetero) is 1. The average Bonchev–Trinajstić information content (AvgIpc) is 2.90. The van der Waals surface area contributed by atoms with Crippen molar-refractivity contribution in [2.24, 2.45) is 5.92 Å². The van der Waals surface area contributed by atoms with Crippen LogP contribution in [0, 0.1) is 11.7 Å². The summed E-state index contributed by atoms with van der Waals surface area (Å²) >= 11 is 0. The molecular weight excluding hydrogens is 339 g/mol. The van der Waals surface area contributed by atoms with Gasteiger partial charge in [0, 0.05) is 18.0 Å². The van der Waals surface area contributed by atoms with Crippen LogP contribution in [0.25, 0.3) is 0 Å². The Morgan fingerprint density at radius 1 is 1.23 bits per heavy atom. The van der Waals surface area contributed by atoms with Gasteiger partial charge >= 0.3 is 6.09 Å². The topological polar surface area (TPSA) is 70.1 Å². The number of carboxylic acid groups (broad SMARTS) is 1. The lowest BCUT2D eigenvalue weighted by Gasteiger charge is -2.36. The molecule has 2 aliphatic rings. The normalized spacial score (nSPS) is 24.0. The summed E-state index contributed by atoms with van der Waals surface area (Å²) in [5, 5.41) is 9.47. The first kappa shape index (κ1) is 18.8. The fourth-order valence-corrected chi connectivity index (χ4v) is 3.93. The number of ether oxygens (including phenoxy) is 1. The molecule has 7 heteroatoms. The predicted molar refractivity (Wildman–Crippen MR) is 93.6 cm³/mol. The smallest absolute Gasteiger partial charge is 0.409 e. The molecule has 1 N–H and O–H groups in total. The molecule has 1 aromatic rings. The van der Waals surface area contributed by atoms with E-state index in [9.17, 15) is 19.1 Å². The number of carbonyl (C=O) groups excluding carboxylic acids is 1. The van der Waals surface area contributed by atoms with Gasteiger partial charge in [-0.1, -0.05) is 0 Å². The number of rotatable bonds is 4. The predicted octanol–water partition coefficient (Wildman–Crippen LogP) is 2.84. The first-order valence-electron chi connectivity index (χ1n) is 8.96. The van der Waals surface area contributed by atoms with Crippen molar-refractivity contribution in [3.8, 4) is 0 Å². The second-order valence-corrected chi connectivity index (χ2v) is 7.51. The number of hydrogen-bond acceptors (Lipinski definition) is 4. The number of piperidine rings is 1. The van der Waals surface area contributed by atoms with Gasteiger partial charge in [0.05, 0.1) is 12.6 Å². The van der Waals surface area contributed by atoms with Gasteiger partial charge in [-0.3, -0.25) is 9.69 Å². The molecule has 0 spiro atoms. The third-order valence-corrected chi connectivity index (χ3v) is 5.34. The molecule has 1 atom stereocenters. The number of likely N-dealkylation sites (tertiary alicyclic amines) is 1. The van der Waals surface area contributed by atoms with E-state index in [1.54, 1.807) is 13.8 Å². The van der Waals surface area contributed by atoms with E-state index in [0.717, 1.165) is 25.9 Å². The number of ketones is 1. The van der Waals surface area contributed by atoms with E-state index in [2.05, 4.69) is 4.90 Å². The summed E-state index contributed by atoms with van der Waals surface area (Å²) in [5.41, 5.74) is -0.263. The quantitative estimate of drug-likeness (QED) is 0.832. The molecule has 0 saturated carbocycles. The molecule has 1 aromatic carbocycles. The van der Waals surface area contributed by atoms with Crippen LogP contribution >= 0.6 is 0 Å². The molecule has 142 valence electrons. The minimum Gasteiger partial charge on any atom is -0.465 e. The van der Waals surface area contributed by atoms with Gasteiger partial charge in [0.1, 0.15) is 11.5 Å². The van der Waals surface area contributed by atoms with Crippen LogP contribution in [-0.2, 0) is 4.74 Å². The summed E-state index contributed by atoms with van der Waals surface area (Å²) < 4.78 is 18.6. The maximum Gasteiger partial charge on any atom is 0.409 e. The van der Waals surface area contributed by atoms with Crippen molar-refractivity contribution in [1.29, 1.82) is 0 Å². The summed E-state index contributed by atoms with van der Waals surface area (Å²) in [5.74, 6) is -0.355. The number of benzene rings is 1. The average molecular weight is 364 g/mol. The molecular formula is C19H25FN2O4. The van der Waals surface area contributed by atoms with Crippen molar-refractivity contribution in [1.82, 2.24) is 9.80 Å². The minimum absolute atomic E-state index is 0.0575. The lowest BCUT2D eigenvalue weighted by Crippen LogP contribution is -2.52. The van der Waals surface area contributed by atoms with Gasteiger partial charge in [-0.05, 0) is 64.0 Å². The van der Waals surface area contributed by atoms with Crippen LogP contribution < -0.4 is 0 Å². The van der Waals surface area contributed by atoms with Crippen molar-refractivity contribution >= 4 is 11.9 Å². The Bertz CT molecular complexity index is 669. The highest BCUT2D eigenvalue weighted by molar-refractivity contribution is 5.97. The van der Waals surface area contributed by atoms with Crippen molar-refractivity contribution in [2.45, 2.75) is 38.5 Å². The van der Waals surface area contributed by atoms with E-state index >= 15 is 0 Å². The minimum atomic E-state index is -0.973. The van der Waals surface area contributed by atoms with Crippen molar-refractivity contribution in [2.75, 3.05) is 26.2 Å². The van der Waals surface area contributed by atoms with Gasteiger partial charge in [0.2, 0.25) is 0 Å². The molecule has 2 heterocycles. The molecule has 0 aliphatic carbocycles. The molecule has 1 amide bonds. The van der Waals surface area contributed by atoms with Crippen LogP contribution in [0.5, 0.6) is 0 Å². The second-order valence-electron chi connectivity index (χ2n) is 7.51. The molecule has 0 bridgehead atoms. The van der Waals surface area contributed by atoms with E-state index in [1.165, 1.54) is 29.2 Å². The highest BCUT2D eigenvalue weighted by Gasteiger charge is 2.44. The third kappa shape index (κ3) is 3.88. The van der Waals surface area contributed by atoms with E-state index in [4.69, 9.17) is 4.74 Å². The fourth-order valence-electron chi connectivity index (χ4n) is 3.93. The zero-order valence-corrected chi connectivity index (χ0v) is 15.2. The SMILES string of the molecule is CC1(C)OC[C@H](CN2CCC(C(=O)c3ccc(F)cc3)CC2)N1C(=O)O. The number of hydrogen-bond donors (Lipinski definition) is 1. The summed E-state index contributed by atoms with van der Waals surface area (Å²) in [7, 11) is 0. The van der Waals surface area contributed by atoms with Gasteiger partial charge in [0.25, 0.3) is 0 Å². The Hall–Kier alpha value is -1.99. The molecule has 2 fully saturated rings. The first-order chi connectivity index (χ1) is 12.3. The van der Waals surface area contributed by atoms with Crippen LogP contribution in [-0.4, -0.2) is 64.8 Å². The summed E-state index contributed by atoms with van der Waals surface area (Å²) in [6.07, 6.45) is 0.472. The van der Waals surface area contributed by atoms with Gasteiger partial charge in [-0.2, -0.15) is 0 Å². The Balaban J connectivity index is 1.55. The van der Waals surface area contributed by atoms with Crippen molar-refractivity contribution in [3.05, 3.63) is 35.6 Å². The molecule has 6 nitrogen and oxygen atoms in total. The van der Waals surface area contributed by atoms with Crippen LogP contribution in [0.1, 0.15) is 37.0 Å². The summed E-state index contributed by atoms with van der Waals surface area (Å²) in [6, 6.07) is 5.49. The first-order valence-corrected chi connectivity index (χ1v) is 8.96. The van der Waals surface area contributed by atoms with Crippen molar-refractivity contribution in [3.63, 3.8) is 0 Å². The molecule has 2 saturated heterocycles. The number of carbonyl (C=O) groups is 2. The molecule has 0 radical (unpaired) electrons. The van der Waals surface area contributed by atoms with Crippen molar-refractivity contribution < 1.29 is 23.8 Å². The van der Waals surface area contributed by atoms with Gasteiger partial charge in [-0.25, -0.2) is 9.18 Å². The number of halogens is 1. The van der Waals surface area contributed by atoms with Gasteiger partial charge < -0.3 is 14.7 Å². The molecule has 3 rings (SSSR count). The number of nitrogens with zero attached hydrogens (tertiary/aromatic N) is 2. The molecule has 0 unspecified atom stereocenters. The molecule has 26 heavy (non-hydrogen) atoms. The Morgan fingerprint density at radius 3 is 2.42 bits per heavy atom. The summed E-state index contributed by atoms with van der Waals surface area (Å²) in [6.45, 7) is 5.98. The largest absolute Gasteiger partial charge is 0.465 e. The van der Waals surface area contributed by atoms with E-state index in [0.29, 0.717) is 18.7 Å². The second kappa shape index (κ2) is 7.32. The highest BCUT2D eigenvalue weighted by atomic mass is 19.1. The lowest BCUT2D eigenvalue weighted by atomic mass is 9.88. The van der Waals surface area contributed by atoms with E-state index in [-0.39, 0.29) is 23.6 Å². The zero-order chi connectivity index (χ0) is 18.9. The summed E-state index contributed by atoms with van der Waals surface area (Å²) in [4.78, 5) is 27.7. The lowest BCUT2D eigenvalue weighted by molar-refractivity contribution is -0.0428. The molecule has 0 aromatic heterocycles. The van der Waals surface area contributed by atoms with Crippen LogP contribution in [0.4, 0.5) is 9.18 Å². The highest BCUT2D eigenvalue weighted by Crippen LogP contribution is 2.29. The Kier molecular flexibility index (Phi) is 5.29. The standard InChI is InChI=1S/C19H25FN2O4/c1-19(2)22(18(24)25)16(12-26-19)11-21-9-7-14(8-10-21)17(23)13-3-5-15(20)6-4-13/h3-6,14,16H,7-12H2,1-2H3,(H,24,25)/t16-/m0/s1. The number of amides is 1.